The third kappa shape index (κ3) is 66.7. The van der Waals surface area contributed by atoms with Crippen molar-refractivity contribution in [2.24, 2.45) is 0 Å². The van der Waals surface area contributed by atoms with Crippen molar-refractivity contribution >= 4 is 11.9 Å². The third-order valence-electron chi connectivity index (χ3n) is 16.8. The van der Waals surface area contributed by atoms with E-state index in [1.165, 1.54) is 302 Å². The van der Waals surface area contributed by atoms with Crippen molar-refractivity contribution in [3.8, 4) is 0 Å². The number of esters is 1. The van der Waals surface area contributed by atoms with Crippen LogP contribution in [-0.4, -0.2) is 47.4 Å². The summed E-state index contributed by atoms with van der Waals surface area (Å²) in [6.07, 6.45) is 94.5. The number of hydrogen-bond donors (Lipinski definition) is 3. The topological polar surface area (TPSA) is 95.9 Å². The molecule has 0 rings (SSSR count). The maximum atomic E-state index is 12.5. The SMILES string of the molecule is CCCCC/C=C\C/C=C\CCCCCCCC(=O)OCCCCCCCCCCC/C=C\C/C=C\CCCCCCCCCCCCCCCCCCCC(=O)NC(CO)C(O)/C=C/CCCCCCCCCCCCCCCCC. The van der Waals surface area contributed by atoms with E-state index in [-0.39, 0.29) is 18.5 Å². The summed E-state index contributed by atoms with van der Waals surface area (Å²) < 4.78 is 5.48. The third-order valence-corrected chi connectivity index (χ3v) is 16.8. The first kappa shape index (κ1) is 79.6. The number of rotatable bonds is 68. The molecule has 0 fully saturated rings. The molecule has 0 bridgehead atoms. The Morgan fingerprint density at radius 1 is 0.341 bits per heavy atom. The molecule has 0 aromatic rings. The molecule has 82 heavy (non-hydrogen) atoms. The van der Waals surface area contributed by atoms with E-state index < -0.39 is 12.1 Å². The number of aliphatic hydroxyl groups excluding tert-OH is 2. The first-order valence-electron chi connectivity index (χ1n) is 36.6. The molecule has 0 saturated carbocycles. The van der Waals surface area contributed by atoms with Crippen LogP contribution in [0.3, 0.4) is 0 Å². The van der Waals surface area contributed by atoms with Gasteiger partial charge in [0.2, 0.25) is 5.91 Å². The first-order valence-corrected chi connectivity index (χ1v) is 36.6. The van der Waals surface area contributed by atoms with Crippen LogP contribution in [0, 0.1) is 0 Å². The number of aliphatic hydroxyl groups is 2. The smallest absolute Gasteiger partial charge is 0.305 e. The molecule has 0 spiro atoms. The standard InChI is InChI=1S/C76H141NO5/c1-3-5-7-9-11-13-15-17-19-37-41-44-48-52-56-60-64-68-74(79)73(72-78)77-75(80)69-65-61-57-53-49-45-42-38-35-33-31-29-27-25-23-21-20-22-24-26-28-30-32-34-36-39-43-47-51-55-59-63-67-71-82-76(81)70-66-62-58-54-50-46-40-18-16-14-12-10-8-6-4-2/h12,14,18,24,26,30,32,40,64,68,73-74,78-79H,3-11,13,15-17,19-23,25,27-29,31,33-39,41-63,65-67,69-72H2,1-2H3,(H,77,80)/b14-12-,26-24-,32-30-,40-18-,68-64+. The zero-order valence-corrected chi connectivity index (χ0v) is 55.0. The Balaban J connectivity index is 3.41. The van der Waals surface area contributed by atoms with Gasteiger partial charge in [-0.15, -0.1) is 0 Å². The van der Waals surface area contributed by atoms with Gasteiger partial charge in [0.1, 0.15) is 0 Å². The van der Waals surface area contributed by atoms with E-state index in [2.05, 4.69) is 67.8 Å². The molecule has 3 N–H and O–H groups in total. The van der Waals surface area contributed by atoms with Gasteiger partial charge in [0, 0.05) is 12.8 Å². The molecule has 0 aromatic heterocycles. The van der Waals surface area contributed by atoms with E-state index in [0.29, 0.717) is 19.4 Å². The van der Waals surface area contributed by atoms with Crippen molar-refractivity contribution in [3.05, 3.63) is 60.8 Å². The number of nitrogens with one attached hydrogen (secondary N) is 1. The summed E-state index contributed by atoms with van der Waals surface area (Å²) >= 11 is 0. The Morgan fingerprint density at radius 3 is 0.951 bits per heavy atom. The van der Waals surface area contributed by atoms with Crippen LogP contribution in [-0.2, 0) is 14.3 Å². The molecular weight excluding hydrogens is 1010 g/mol. The summed E-state index contributed by atoms with van der Waals surface area (Å²) in [4.78, 5) is 24.6. The van der Waals surface area contributed by atoms with Crippen LogP contribution in [0.15, 0.2) is 60.8 Å². The summed E-state index contributed by atoms with van der Waals surface area (Å²) in [5.41, 5.74) is 0. The fourth-order valence-corrected chi connectivity index (χ4v) is 11.2. The van der Waals surface area contributed by atoms with Crippen LogP contribution in [0.25, 0.3) is 0 Å². The van der Waals surface area contributed by atoms with E-state index >= 15 is 0 Å². The van der Waals surface area contributed by atoms with Crippen LogP contribution in [0.5, 0.6) is 0 Å². The lowest BCUT2D eigenvalue weighted by atomic mass is 10.0. The number of hydrogen-bond acceptors (Lipinski definition) is 5. The summed E-state index contributed by atoms with van der Waals surface area (Å²) in [7, 11) is 0. The van der Waals surface area contributed by atoms with Gasteiger partial charge in [-0.05, 0) is 96.3 Å². The molecule has 0 aliphatic heterocycles. The number of carbonyl (C=O) groups excluding carboxylic acids is 2. The maximum absolute atomic E-state index is 12.5. The Kier molecular flexibility index (Phi) is 68.9. The molecule has 0 aromatic carbocycles. The molecule has 6 nitrogen and oxygen atoms in total. The number of unbranched alkanes of at least 4 members (excludes halogenated alkanes) is 49. The fraction of sp³-hybridized carbons (Fsp3) is 0.842. The Bertz CT molecular complexity index is 1420. The van der Waals surface area contributed by atoms with E-state index in [0.717, 1.165) is 57.8 Å². The van der Waals surface area contributed by atoms with E-state index in [1.54, 1.807) is 6.08 Å². The van der Waals surface area contributed by atoms with Crippen molar-refractivity contribution in [2.45, 2.75) is 398 Å². The molecule has 0 aliphatic rings. The number of allylic oxidation sites excluding steroid dienone is 9. The highest BCUT2D eigenvalue weighted by molar-refractivity contribution is 5.76. The molecule has 0 aliphatic carbocycles. The van der Waals surface area contributed by atoms with Gasteiger partial charge in [-0.2, -0.15) is 0 Å². The second-order valence-electron chi connectivity index (χ2n) is 24.9. The monoisotopic (exact) mass is 1150 g/mol. The van der Waals surface area contributed by atoms with E-state index in [1.807, 2.05) is 6.08 Å². The summed E-state index contributed by atoms with van der Waals surface area (Å²) in [5.74, 6) is -0.0641. The Hall–Kier alpha value is -2.44. The van der Waals surface area contributed by atoms with Gasteiger partial charge in [0.25, 0.3) is 0 Å². The lowest BCUT2D eigenvalue weighted by molar-refractivity contribution is -0.143. The lowest BCUT2D eigenvalue weighted by Crippen LogP contribution is -2.45. The van der Waals surface area contributed by atoms with Gasteiger partial charge >= 0.3 is 5.97 Å². The molecule has 0 radical (unpaired) electrons. The quantitative estimate of drug-likeness (QED) is 0.0320. The molecule has 0 heterocycles. The molecule has 1 amide bonds. The maximum Gasteiger partial charge on any atom is 0.305 e. The van der Waals surface area contributed by atoms with E-state index in [9.17, 15) is 19.8 Å². The average Bonchev–Trinajstić information content (AvgIpc) is 3.48. The van der Waals surface area contributed by atoms with Gasteiger partial charge in [-0.3, -0.25) is 9.59 Å². The van der Waals surface area contributed by atoms with Crippen LogP contribution < -0.4 is 5.32 Å². The molecular formula is C76H141NO5. The van der Waals surface area contributed by atoms with Crippen LogP contribution in [0.2, 0.25) is 0 Å². The van der Waals surface area contributed by atoms with Crippen LogP contribution in [0.4, 0.5) is 0 Å². The normalized spacial score (nSPS) is 12.9. The van der Waals surface area contributed by atoms with Crippen molar-refractivity contribution < 1.29 is 24.5 Å². The van der Waals surface area contributed by atoms with E-state index in [4.69, 9.17) is 4.74 Å². The van der Waals surface area contributed by atoms with Gasteiger partial charge in [-0.1, -0.05) is 338 Å². The molecule has 6 heteroatoms. The van der Waals surface area contributed by atoms with Crippen molar-refractivity contribution in [1.29, 1.82) is 0 Å². The second-order valence-corrected chi connectivity index (χ2v) is 24.9. The minimum Gasteiger partial charge on any atom is -0.466 e. The number of carbonyl (C=O) groups is 2. The van der Waals surface area contributed by atoms with Crippen LogP contribution >= 0.6 is 0 Å². The Labute approximate surface area is 511 Å². The second kappa shape index (κ2) is 71.0. The predicted octanol–water partition coefficient (Wildman–Crippen LogP) is 23.8. The fourth-order valence-electron chi connectivity index (χ4n) is 11.2. The van der Waals surface area contributed by atoms with Crippen molar-refractivity contribution in [1.82, 2.24) is 5.32 Å². The number of ether oxygens (including phenoxy) is 1. The molecule has 0 saturated heterocycles. The highest BCUT2D eigenvalue weighted by Gasteiger charge is 2.18. The lowest BCUT2D eigenvalue weighted by Gasteiger charge is -2.20. The van der Waals surface area contributed by atoms with Gasteiger partial charge in [0.15, 0.2) is 0 Å². The van der Waals surface area contributed by atoms with Crippen molar-refractivity contribution in [2.75, 3.05) is 13.2 Å². The molecule has 480 valence electrons. The minimum absolute atomic E-state index is 0.000226. The Morgan fingerprint density at radius 2 is 0.610 bits per heavy atom. The average molecular weight is 1150 g/mol. The summed E-state index contributed by atoms with van der Waals surface area (Å²) in [5, 5.41) is 23.2. The highest BCUT2D eigenvalue weighted by atomic mass is 16.5. The van der Waals surface area contributed by atoms with Crippen LogP contribution in [0.1, 0.15) is 386 Å². The summed E-state index contributed by atoms with van der Waals surface area (Å²) in [6, 6.07) is -0.628. The predicted molar refractivity (Wildman–Crippen MR) is 361 cm³/mol. The molecule has 2 atom stereocenters. The highest BCUT2D eigenvalue weighted by Crippen LogP contribution is 2.18. The minimum atomic E-state index is -0.844. The van der Waals surface area contributed by atoms with Gasteiger partial charge < -0.3 is 20.3 Å². The summed E-state index contributed by atoms with van der Waals surface area (Å²) in [6.45, 7) is 4.89. The van der Waals surface area contributed by atoms with Gasteiger partial charge in [0.05, 0.1) is 25.4 Å². The largest absolute Gasteiger partial charge is 0.466 e. The number of amides is 1. The first-order chi connectivity index (χ1) is 40.5. The van der Waals surface area contributed by atoms with Crippen molar-refractivity contribution in [3.63, 3.8) is 0 Å². The zero-order valence-electron chi connectivity index (χ0n) is 55.0. The zero-order chi connectivity index (χ0) is 59.2. The van der Waals surface area contributed by atoms with Gasteiger partial charge in [-0.25, -0.2) is 0 Å². The molecule has 2 unspecified atom stereocenters.